The van der Waals surface area contributed by atoms with Crippen LogP contribution in [-0.2, 0) is 5.41 Å². The number of aryl methyl sites for hydroxylation is 1. The molecule has 2 aliphatic heterocycles. The standard InChI is InChI=1S/C49H35BN2OS/c1-28-25-36-31-17-12-18-34-46(31)52(47-33-16-9-11-20-42(33)54-48(34)47)50-44(36)39(26-28)51(38-23-24-41-43(45(38)50)32-15-8-10-19-40(32)53-41)37-22-21-30(49(2,3)4)27-35(37)29-13-6-5-7-14-29/h5-27H,1-4H3. The molecule has 256 valence electrons. The minimum atomic E-state index is -0.0755. The molecule has 0 amide bonds. The molecule has 0 N–H and O–H groups in total. The highest BCUT2D eigenvalue weighted by Crippen LogP contribution is 2.51. The lowest BCUT2D eigenvalue weighted by molar-refractivity contribution is 0.590. The molecule has 2 aliphatic rings. The van der Waals surface area contributed by atoms with Crippen molar-refractivity contribution in [2.75, 3.05) is 4.90 Å². The van der Waals surface area contributed by atoms with E-state index in [1.54, 1.807) is 0 Å². The molecular formula is C49H35BN2OS. The Balaban J connectivity index is 1.29. The Kier molecular flexibility index (Phi) is 5.95. The molecule has 0 spiro atoms. The van der Waals surface area contributed by atoms with Gasteiger partial charge >= 0.3 is 6.85 Å². The minimum Gasteiger partial charge on any atom is -0.456 e. The highest BCUT2D eigenvalue weighted by molar-refractivity contribution is 7.27. The van der Waals surface area contributed by atoms with E-state index in [0.29, 0.717) is 0 Å². The third-order valence-electron chi connectivity index (χ3n) is 12.0. The molecule has 7 aromatic carbocycles. The second kappa shape index (κ2) is 10.6. The van der Waals surface area contributed by atoms with Gasteiger partial charge in [-0.3, -0.25) is 0 Å². The maximum absolute atomic E-state index is 6.69. The van der Waals surface area contributed by atoms with Crippen LogP contribution in [-0.4, -0.2) is 11.3 Å². The van der Waals surface area contributed by atoms with Crippen LogP contribution in [0, 0.1) is 6.92 Å². The number of para-hydroxylation sites is 2. The first-order valence-corrected chi connectivity index (χ1v) is 19.7. The van der Waals surface area contributed by atoms with Crippen molar-refractivity contribution in [3.63, 3.8) is 0 Å². The van der Waals surface area contributed by atoms with Gasteiger partial charge in [-0.2, -0.15) is 0 Å². The van der Waals surface area contributed by atoms with E-state index in [1.807, 2.05) is 11.3 Å². The van der Waals surface area contributed by atoms with Gasteiger partial charge in [0.1, 0.15) is 11.2 Å². The van der Waals surface area contributed by atoms with Gasteiger partial charge in [0.05, 0.1) is 15.9 Å². The summed E-state index contributed by atoms with van der Waals surface area (Å²) in [4.78, 5) is 2.57. The Labute approximate surface area is 317 Å². The molecule has 0 saturated heterocycles. The van der Waals surface area contributed by atoms with Crippen molar-refractivity contribution in [3.05, 3.63) is 151 Å². The number of hydrogen-bond donors (Lipinski definition) is 0. The van der Waals surface area contributed by atoms with Crippen LogP contribution >= 0.6 is 11.3 Å². The van der Waals surface area contributed by atoms with Crippen molar-refractivity contribution < 1.29 is 4.42 Å². The van der Waals surface area contributed by atoms with Crippen LogP contribution in [0.5, 0.6) is 0 Å². The van der Waals surface area contributed by atoms with Crippen LogP contribution in [0.3, 0.4) is 0 Å². The number of thiophene rings is 1. The van der Waals surface area contributed by atoms with Crippen LogP contribution in [0.4, 0.5) is 17.1 Å². The number of furan rings is 1. The van der Waals surface area contributed by atoms with Crippen molar-refractivity contribution in [1.29, 1.82) is 0 Å². The molecule has 0 unspecified atom stereocenters. The molecule has 10 aromatic rings. The molecule has 0 fully saturated rings. The SMILES string of the molecule is Cc1cc2c3c(c1)N(c1ccc(C(C)(C)C)cc1-c1ccccc1)c1ccc4oc5ccccc5c4c1B3n1c3c-2cccc3c2sc3ccccc3c21. The fourth-order valence-electron chi connectivity index (χ4n) is 9.64. The quantitative estimate of drug-likeness (QED) is 0.167. The van der Waals surface area contributed by atoms with Gasteiger partial charge < -0.3 is 13.8 Å². The number of nitrogens with zero attached hydrogens (tertiary/aromatic N) is 2. The lowest BCUT2D eigenvalue weighted by Crippen LogP contribution is -2.57. The highest BCUT2D eigenvalue weighted by atomic mass is 32.1. The maximum Gasteiger partial charge on any atom is 0.333 e. The fraction of sp³-hybridized carbons (Fsp3) is 0.102. The molecule has 0 radical (unpaired) electrons. The van der Waals surface area contributed by atoms with Crippen LogP contribution in [0.25, 0.3) is 75.4 Å². The predicted octanol–water partition coefficient (Wildman–Crippen LogP) is 12.6. The second-order valence-corrected chi connectivity index (χ2v) is 17.2. The van der Waals surface area contributed by atoms with E-state index >= 15 is 0 Å². The van der Waals surface area contributed by atoms with Crippen molar-refractivity contribution in [3.8, 4) is 22.3 Å². The van der Waals surface area contributed by atoms with Gasteiger partial charge in [-0.1, -0.05) is 118 Å². The number of anilines is 3. The van der Waals surface area contributed by atoms with Gasteiger partial charge in [-0.25, -0.2) is 0 Å². The van der Waals surface area contributed by atoms with Crippen molar-refractivity contribution in [2.45, 2.75) is 33.1 Å². The molecular weight excluding hydrogens is 675 g/mol. The van der Waals surface area contributed by atoms with E-state index in [9.17, 15) is 0 Å². The van der Waals surface area contributed by atoms with Gasteiger partial charge in [0.25, 0.3) is 0 Å². The Bertz CT molecular complexity index is 3230. The summed E-state index contributed by atoms with van der Waals surface area (Å²) in [6.45, 7) is 9.10. The lowest BCUT2D eigenvalue weighted by atomic mass is 9.44. The van der Waals surface area contributed by atoms with Crippen LogP contribution in [0.1, 0.15) is 31.9 Å². The van der Waals surface area contributed by atoms with Crippen LogP contribution in [0.15, 0.2) is 144 Å². The molecule has 5 heterocycles. The van der Waals surface area contributed by atoms with E-state index in [-0.39, 0.29) is 12.3 Å². The summed E-state index contributed by atoms with van der Waals surface area (Å²) in [5, 5.41) is 4.99. The largest absolute Gasteiger partial charge is 0.456 e. The van der Waals surface area contributed by atoms with Gasteiger partial charge in [0, 0.05) is 54.3 Å². The first-order valence-electron chi connectivity index (χ1n) is 18.9. The van der Waals surface area contributed by atoms with Crippen molar-refractivity contribution >= 4 is 99.3 Å². The molecule has 5 heteroatoms. The fourth-order valence-corrected chi connectivity index (χ4v) is 10.9. The first kappa shape index (κ1) is 30.4. The Morgan fingerprint density at radius 1 is 0.574 bits per heavy atom. The summed E-state index contributed by atoms with van der Waals surface area (Å²) in [6, 6.07) is 51.9. The third-order valence-corrected chi connectivity index (χ3v) is 13.2. The lowest BCUT2D eigenvalue weighted by Gasteiger charge is -2.41. The van der Waals surface area contributed by atoms with E-state index in [0.717, 1.165) is 16.6 Å². The topological polar surface area (TPSA) is 21.3 Å². The van der Waals surface area contributed by atoms with E-state index in [1.165, 1.54) is 98.0 Å². The number of benzene rings is 7. The van der Waals surface area contributed by atoms with Crippen LogP contribution in [0.2, 0.25) is 0 Å². The third kappa shape index (κ3) is 3.92. The molecule has 0 atom stereocenters. The van der Waals surface area contributed by atoms with Crippen molar-refractivity contribution in [1.82, 2.24) is 4.48 Å². The van der Waals surface area contributed by atoms with Gasteiger partial charge in [-0.05, 0) is 88.0 Å². The number of fused-ring (bicyclic) bond motifs is 13. The molecule has 3 nitrogen and oxygen atoms in total. The summed E-state index contributed by atoms with van der Waals surface area (Å²) in [5.41, 5.74) is 18.3. The predicted molar refractivity (Wildman–Crippen MR) is 232 cm³/mol. The average molecular weight is 711 g/mol. The summed E-state index contributed by atoms with van der Waals surface area (Å²) in [7, 11) is 0. The van der Waals surface area contributed by atoms with E-state index < -0.39 is 0 Å². The number of hydrogen-bond acceptors (Lipinski definition) is 3. The van der Waals surface area contributed by atoms with Crippen LogP contribution < -0.4 is 15.8 Å². The highest BCUT2D eigenvalue weighted by Gasteiger charge is 2.45. The molecule has 3 aromatic heterocycles. The Morgan fingerprint density at radius 3 is 2.19 bits per heavy atom. The zero-order valence-electron chi connectivity index (χ0n) is 30.6. The molecule has 0 aliphatic carbocycles. The zero-order valence-corrected chi connectivity index (χ0v) is 31.4. The van der Waals surface area contributed by atoms with Gasteiger partial charge in [0.2, 0.25) is 0 Å². The first-order chi connectivity index (χ1) is 26.3. The zero-order chi connectivity index (χ0) is 36.0. The van der Waals surface area contributed by atoms with Gasteiger partial charge in [-0.15, -0.1) is 11.3 Å². The molecule has 12 rings (SSSR count). The molecule has 0 saturated carbocycles. The smallest absolute Gasteiger partial charge is 0.333 e. The summed E-state index contributed by atoms with van der Waals surface area (Å²) in [5.74, 6) is 0. The maximum atomic E-state index is 6.69. The van der Waals surface area contributed by atoms with E-state index in [4.69, 9.17) is 4.42 Å². The normalized spacial score (nSPS) is 13.5. The average Bonchev–Trinajstić information content (AvgIpc) is 3.86. The Morgan fingerprint density at radius 2 is 1.33 bits per heavy atom. The monoisotopic (exact) mass is 710 g/mol. The minimum absolute atomic E-state index is 0.00444. The number of aromatic nitrogens is 1. The van der Waals surface area contributed by atoms with E-state index in [2.05, 4.69) is 177 Å². The van der Waals surface area contributed by atoms with Gasteiger partial charge in [0.15, 0.2) is 0 Å². The summed E-state index contributed by atoms with van der Waals surface area (Å²) < 4.78 is 12.1. The molecule has 0 bridgehead atoms. The summed E-state index contributed by atoms with van der Waals surface area (Å²) >= 11 is 1.92. The summed E-state index contributed by atoms with van der Waals surface area (Å²) in [6.07, 6.45) is 0. The van der Waals surface area contributed by atoms with Crippen molar-refractivity contribution in [2.24, 2.45) is 0 Å². The second-order valence-electron chi connectivity index (χ2n) is 16.1. The Hall–Kier alpha value is -6.04. The molecule has 54 heavy (non-hydrogen) atoms. The number of rotatable bonds is 2.